The van der Waals surface area contributed by atoms with Crippen LogP contribution < -0.4 is 14.8 Å². The highest BCUT2D eigenvalue weighted by Gasteiger charge is 2.15. The van der Waals surface area contributed by atoms with E-state index >= 15 is 0 Å². The zero-order valence-corrected chi connectivity index (χ0v) is 17.0. The molecule has 0 saturated carbocycles. The fraction of sp³-hybridized carbons (Fsp3) is 0.100. The molecule has 1 aromatic heterocycles. The topological polar surface area (TPSA) is 97.4 Å². The summed E-state index contributed by atoms with van der Waals surface area (Å²) in [5.74, 6) is 0.134. The first kappa shape index (κ1) is 20.6. The van der Waals surface area contributed by atoms with Crippen LogP contribution in [0.3, 0.4) is 0 Å². The van der Waals surface area contributed by atoms with Gasteiger partial charge >= 0.3 is 0 Å². The van der Waals surface area contributed by atoms with Crippen molar-refractivity contribution in [1.29, 1.82) is 0 Å². The van der Waals surface area contributed by atoms with Crippen molar-refractivity contribution in [3.05, 3.63) is 83.0 Å². The summed E-state index contributed by atoms with van der Waals surface area (Å²) in [5.41, 5.74) is 1.57. The fourth-order valence-corrected chi connectivity index (χ4v) is 3.66. The number of carbonyl (C=O) groups is 1. The minimum atomic E-state index is -3.78. The van der Waals surface area contributed by atoms with Crippen LogP contribution in [0.1, 0.15) is 15.9 Å². The predicted octanol–water partition coefficient (Wildman–Crippen LogP) is 3.47. The van der Waals surface area contributed by atoms with Crippen molar-refractivity contribution in [3.8, 4) is 5.88 Å². The Labute approximate surface area is 173 Å². The summed E-state index contributed by atoms with van der Waals surface area (Å²) < 4.78 is 32.5. The molecular weight excluding hydrogens is 414 g/mol. The Morgan fingerprint density at radius 3 is 2.41 bits per heavy atom. The summed E-state index contributed by atoms with van der Waals surface area (Å²) in [6, 6.07) is 15.5. The standard InChI is InChI=1S/C20H18ClN3O4S/c1-28-19-12-14(10-11-22-19)13-23-20(25)15-2-8-18(9-3-15)29(26,27)24-17-6-4-16(21)5-7-17/h2-12,24H,13H2,1H3,(H,23,25). The predicted molar refractivity (Wildman–Crippen MR) is 111 cm³/mol. The van der Waals surface area contributed by atoms with Crippen LogP contribution >= 0.6 is 11.6 Å². The molecule has 0 saturated heterocycles. The lowest BCUT2D eigenvalue weighted by atomic mass is 10.2. The average Bonchev–Trinajstić information content (AvgIpc) is 2.74. The van der Waals surface area contributed by atoms with E-state index in [1.807, 2.05) is 0 Å². The Hall–Kier alpha value is -3.10. The van der Waals surface area contributed by atoms with E-state index in [0.717, 1.165) is 5.56 Å². The number of ether oxygens (including phenoxy) is 1. The second-order valence-corrected chi connectivity index (χ2v) is 8.14. The van der Waals surface area contributed by atoms with Gasteiger partial charge < -0.3 is 10.1 Å². The van der Waals surface area contributed by atoms with Crippen LogP contribution in [0.2, 0.25) is 5.02 Å². The van der Waals surface area contributed by atoms with E-state index in [2.05, 4.69) is 15.0 Å². The van der Waals surface area contributed by atoms with E-state index < -0.39 is 10.0 Å². The van der Waals surface area contributed by atoms with Gasteiger partial charge in [0, 0.05) is 35.1 Å². The van der Waals surface area contributed by atoms with E-state index in [9.17, 15) is 13.2 Å². The molecule has 150 valence electrons. The maximum Gasteiger partial charge on any atom is 0.261 e. The van der Waals surface area contributed by atoms with Gasteiger partial charge in [0.1, 0.15) is 0 Å². The second kappa shape index (κ2) is 8.93. The van der Waals surface area contributed by atoms with Crippen molar-refractivity contribution in [3.63, 3.8) is 0 Å². The van der Waals surface area contributed by atoms with Crippen LogP contribution in [-0.2, 0) is 16.6 Å². The van der Waals surface area contributed by atoms with E-state index in [1.54, 1.807) is 42.6 Å². The average molecular weight is 432 g/mol. The number of nitrogens with zero attached hydrogens (tertiary/aromatic N) is 1. The van der Waals surface area contributed by atoms with Gasteiger partial charge in [0.2, 0.25) is 5.88 Å². The second-order valence-electron chi connectivity index (χ2n) is 6.03. The van der Waals surface area contributed by atoms with E-state index in [4.69, 9.17) is 16.3 Å². The quantitative estimate of drug-likeness (QED) is 0.597. The number of halogens is 1. The van der Waals surface area contributed by atoms with Crippen LogP contribution in [0.4, 0.5) is 5.69 Å². The van der Waals surface area contributed by atoms with Gasteiger partial charge in [0.15, 0.2) is 0 Å². The molecule has 0 fully saturated rings. The molecule has 0 radical (unpaired) electrons. The molecule has 9 heteroatoms. The normalized spacial score (nSPS) is 11.0. The molecule has 7 nitrogen and oxygen atoms in total. The molecule has 0 aliphatic rings. The van der Waals surface area contributed by atoms with E-state index in [0.29, 0.717) is 22.2 Å². The minimum Gasteiger partial charge on any atom is -0.481 e. The first-order chi connectivity index (χ1) is 13.9. The molecule has 0 aliphatic carbocycles. The number of methoxy groups -OCH3 is 1. The molecule has 0 unspecified atom stereocenters. The Morgan fingerprint density at radius 1 is 1.07 bits per heavy atom. The summed E-state index contributed by atoms with van der Waals surface area (Å²) in [5, 5.41) is 3.28. The zero-order valence-electron chi connectivity index (χ0n) is 15.4. The minimum absolute atomic E-state index is 0.0443. The molecule has 2 N–H and O–H groups in total. The molecule has 0 spiro atoms. The summed E-state index contributed by atoms with van der Waals surface area (Å²) in [7, 11) is -2.26. The van der Waals surface area contributed by atoms with Crippen molar-refractivity contribution in [2.45, 2.75) is 11.4 Å². The van der Waals surface area contributed by atoms with Gasteiger partial charge in [-0.25, -0.2) is 13.4 Å². The van der Waals surface area contributed by atoms with Gasteiger partial charge in [-0.3, -0.25) is 9.52 Å². The maximum atomic E-state index is 12.5. The molecular formula is C20H18ClN3O4S. The molecule has 0 aliphatic heterocycles. The SMILES string of the molecule is COc1cc(CNC(=O)c2ccc(S(=O)(=O)Nc3ccc(Cl)cc3)cc2)ccn1. The smallest absolute Gasteiger partial charge is 0.261 e. The highest BCUT2D eigenvalue weighted by Crippen LogP contribution is 2.19. The van der Waals surface area contributed by atoms with Gasteiger partial charge in [-0.15, -0.1) is 0 Å². The Balaban J connectivity index is 1.65. The number of carbonyl (C=O) groups excluding carboxylic acids is 1. The fourth-order valence-electron chi connectivity index (χ4n) is 2.47. The third kappa shape index (κ3) is 5.46. The number of anilines is 1. The van der Waals surface area contributed by atoms with E-state index in [-0.39, 0.29) is 17.3 Å². The number of amides is 1. The molecule has 29 heavy (non-hydrogen) atoms. The highest BCUT2D eigenvalue weighted by atomic mass is 35.5. The van der Waals surface area contributed by atoms with Crippen LogP contribution in [-0.4, -0.2) is 26.4 Å². The first-order valence-electron chi connectivity index (χ1n) is 8.53. The number of nitrogens with one attached hydrogen (secondary N) is 2. The number of hydrogen-bond donors (Lipinski definition) is 2. The number of benzene rings is 2. The van der Waals surface area contributed by atoms with Crippen molar-refractivity contribution in [2.75, 3.05) is 11.8 Å². The van der Waals surface area contributed by atoms with Gasteiger partial charge in [-0.2, -0.15) is 0 Å². The molecule has 0 atom stereocenters. The summed E-state index contributed by atoms with van der Waals surface area (Å²) in [6.07, 6.45) is 1.59. The molecule has 1 heterocycles. The van der Waals surface area contributed by atoms with Crippen LogP contribution in [0.25, 0.3) is 0 Å². The van der Waals surface area contributed by atoms with Crippen molar-refractivity contribution in [2.24, 2.45) is 0 Å². The largest absolute Gasteiger partial charge is 0.481 e. The van der Waals surface area contributed by atoms with Gasteiger partial charge in [-0.1, -0.05) is 11.6 Å². The number of aromatic nitrogens is 1. The summed E-state index contributed by atoms with van der Waals surface area (Å²) in [6.45, 7) is 0.288. The van der Waals surface area contributed by atoms with Crippen LogP contribution in [0.15, 0.2) is 71.8 Å². The van der Waals surface area contributed by atoms with Crippen LogP contribution in [0.5, 0.6) is 5.88 Å². The molecule has 3 aromatic rings. The van der Waals surface area contributed by atoms with Crippen molar-refractivity contribution < 1.29 is 17.9 Å². The molecule has 3 rings (SSSR count). The summed E-state index contributed by atoms with van der Waals surface area (Å²) >= 11 is 5.80. The first-order valence-corrected chi connectivity index (χ1v) is 10.4. The third-order valence-corrected chi connectivity index (χ3v) is 5.63. The van der Waals surface area contributed by atoms with Gasteiger partial charge in [0.25, 0.3) is 15.9 Å². The zero-order chi connectivity index (χ0) is 20.9. The number of rotatable bonds is 7. The lowest BCUT2D eigenvalue weighted by Crippen LogP contribution is -2.23. The Bertz CT molecular complexity index is 1100. The maximum absolute atomic E-state index is 12.5. The third-order valence-electron chi connectivity index (χ3n) is 3.98. The molecule has 0 bridgehead atoms. The van der Waals surface area contributed by atoms with Crippen molar-refractivity contribution >= 4 is 33.2 Å². The molecule has 2 aromatic carbocycles. The lowest BCUT2D eigenvalue weighted by Gasteiger charge is -2.09. The van der Waals surface area contributed by atoms with Crippen LogP contribution in [0, 0.1) is 0 Å². The summed E-state index contributed by atoms with van der Waals surface area (Å²) in [4.78, 5) is 16.4. The Kier molecular flexibility index (Phi) is 6.36. The monoisotopic (exact) mass is 431 g/mol. The van der Waals surface area contributed by atoms with E-state index in [1.165, 1.54) is 31.4 Å². The number of hydrogen-bond acceptors (Lipinski definition) is 5. The highest BCUT2D eigenvalue weighted by molar-refractivity contribution is 7.92. The Morgan fingerprint density at radius 2 is 1.76 bits per heavy atom. The molecule has 1 amide bonds. The van der Waals surface area contributed by atoms with Gasteiger partial charge in [0.05, 0.1) is 12.0 Å². The number of sulfonamides is 1. The van der Waals surface area contributed by atoms with Crippen molar-refractivity contribution in [1.82, 2.24) is 10.3 Å². The van der Waals surface area contributed by atoms with Gasteiger partial charge in [-0.05, 0) is 60.2 Å². The lowest BCUT2D eigenvalue weighted by molar-refractivity contribution is 0.0950. The number of pyridine rings is 1.